The molecule has 9 heavy (non-hydrogen) atoms. The first-order chi connectivity index (χ1) is 4.29. The van der Waals surface area contributed by atoms with Gasteiger partial charge >= 0.3 is 0 Å². The molecule has 3 heteroatoms. The van der Waals surface area contributed by atoms with E-state index in [-0.39, 0.29) is 6.04 Å². The second kappa shape index (κ2) is 2.64. The molecule has 1 rings (SSSR count). The zero-order chi connectivity index (χ0) is 6.69. The Hall–Kier alpha value is -0.830. The molecule has 0 aliphatic heterocycles. The van der Waals surface area contributed by atoms with Crippen LogP contribution in [0.5, 0.6) is 0 Å². The third kappa shape index (κ3) is 1.85. The predicted molar refractivity (Wildman–Crippen MR) is 34.6 cm³/mol. The molecular formula is C6H12N3+. The molecule has 0 saturated heterocycles. The molecule has 50 valence electrons. The fraction of sp³-hybridized carbons (Fsp3) is 0.500. The van der Waals surface area contributed by atoms with Crippen molar-refractivity contribution < 1.29 is 4.57 Å². The second-order valence-corrected chi connectivity index (χ2v) is 2.29. The van der Waals surface area contributed by atoms with Gasteiger partial charge in [-0.3, -0.25) is 4.98 Å². The molecule has 1 unspecified atom stereocenters. The Morgan fingerprint density at radius 3 is 3.00 bits per heavy atom. The molecule has 0 amide bonds. The lowest BCUT2D eigenvalue weighted by molar-refractivity contribution is -0.697. The molecule has 0 aromatic carbocycles. The van der Waals surface area contributed by atoms with Crippen molar-refractivity contribution >= 4 is 0 Å². The third-order valence-corrected chi connectivity index (χ3v) is 1.10. The van der Waals surface area contributed by atoms with Crippen LogP contribution in [0.4, 0.5) is 0 Å². The normalized spacial score (nSPS) is 13.6. The van der Waals surface area contributed by atoms with Crippen LogP contribution < -0.4 is 10.3 Å². The Labute approximate surface area is 54.5 Å². The van der Waals surface area contributed by atoms with Gasteiger partial charge in [0, 0.05) is 6.04 Å². The number of hydrogen-bond donors (Lipinski definition) is 2. The summed E-state index contributed by atoms with van der Waals surface area (Å²) in [4.78, 5) is 2.94. The molecule has 0 aliphatic rings. The van der Waals surface area contributed by atoms with E-state index in [0.717, 1.165) is 6.54 Å². The quantitative estimate of drug-likeness (QED) is 0.523. The van der Waals surface area contributed by atoms with E-state index < -0.39 is 0 Å². The Balaban J connectivity index is 2.48. The number of imidazole rings is 1. The van der Waals surface area contributed by atoms with Gasteiger partial charge in [0.2, 0.25) is 6.33 Å². The maximum absolute atomic E-state index is 5.55. The van der Waals surface area contributed by atoms with Crippen molar-refractivity contribution in [1.82, 2.24) is 4.98 Å². The van der Waals surface area contributed by atoms with Gasteiger partial charge in [-0.1, -0.05) is 0 Å². The van der Waals surface area contributed by atoms with Gasteiger partial charge in [-0.05, 0) is 6.92 Å². The van der Waals surface area contributed by atoms with Crippen molar-refractivity contribution in [2.45, 2.75) is 19.5 Å². The number of hydrogen-bond acceptors (Lipinski definition) is 1. The highest BCUT2D eigenvalue weighted by molar-refractivity contribution is 4.56. The van der Waals surface area contributed by atoms with Crippen molar-refractivity contribution in [2.75, 3.05) is 0 Å². The Morgan fingerprint density at radius 2 is 2.56 bits per heavy atom. The molecule has 1 aromatic rings. The maximum Gasteiger partial charge on any atom is 0.241 e. The van der Waals surface area contributed by atoms with Crippen molar-refractivity contribution in [3.05, 3.63) is 18.7 Å². The van der Waals surface area contributed by atoms with Gasteiger partial charge in [-0.2, -0.15) is 0 Å². The van der Waals surface area contributed by atoms with E-state index in [4.69, 9.17) is 5.73 Å². The molecule has 0 aliphatic carbocycles. The van der Waals surface area contributed by atoms with Crippen LogP contribution in [0.2, 0.25) is 0 Å². The third-order valence-electron chi connectivity index (χ3n) is 1.10. The van der Waals surface area contributed by atoms with Crippen molar-refractivity contribution in [3.8, 4) is 0 Å². The summed E-state index contributed by atoms with van der Waals surface area (Å²) in [6, 6.07) is 0.228. The molecule has 0 saturated carbocycles. The van der Waals surface area contributed by atoms with E-state index in [1.165, 1.54) is 0 Å². The second-order valence-electron chi connectivity index (χ2n) is 2.29. The molecule has 0 fully saturated rings. The number of nitrogens with two attached hydrogens (primary N) is 1. The van der Waals surface area contributed by atoms with E-state index in [1.54, 1.807) is 0 Å². The first kappa shape index (κ1) is 6.29. The summed E-state index contributed by atoms with van der Waals surface area (Å²) in [6.07, 6.45) is 5.73. The number of aromatic nitrogens is 2. The van der Waals surface area contributed by atoms with Gasteiger partial charge < -0.3 is 5.73 Å². The number of rotatable bonds is 2. The fourth-order valence-corrected chi connectivity index (χ4v) is 0.767. The minimum Gasteiger partial charge on any atom is -0.325 e. The van der Waals surface area contributed by atoms with E-state index in [9.17, 15) is 0 Å². The summed E-state index contributed by atoms with van der Waals surface area (Å²) in [7, 11) is 0. The molecule has 0 bridgehead atoms. The SMILES string of the molecule is CC(N)C[n+]1cc[nH]c1. The highest BCUT2D eigenvalue weighted by atomic mass is 15.0. The van der Waals surface area contributed by atoms with Crippen molar-refractivity contribution in [2.24, 2.45) is 5.73 Å². The van der Waals surface area contributed by atoms with E-state index in [2.05, 4.69) is 4.98 Å². The topological polar surface area (TPSA) is 45.7 Å². The maximum atomic E-state index is 5.55. The van der Waals surface area contributed by atoms with Gasteiger partial charge in [0.15, 0.2) is 0 Å². The highest BCUT2D eigenvalue weighted by Gasteiger charge is 1.98. The molecule has 1 heterocycles. The molecule has 0 spiro atoms. The van der Waals surface area contributed by atoms with Gasteiger partial charge in [-0.25, -0.2) is 4.57 Å². The monoisotopic (exact) mass is 126 g/mol. The fourth-order valence-electron chi connectivity index (χ4n) is 0.767. The smallest absolute Gasteiger partial charge is 0.241 e. The van der Waals surface area contributed by atoms with Crippen molar-refractivity contribution in [3.63, 3.8) is 0 Å². The van der Waals surface area contributed by atoms with Crippen LogP contribution in [0.25, 0.3) is 0 Å². The lowest BCUT2D eigenvalue weighted by atomic mass is 10.4. The summed E-state index contributed by atoms with van der Waals surface area (Å²) in [5, 5.41) is 0. The van der Waals surface area contributed by atoms with E-state index >= 15 is 0 Å². The summed E-state index contributed by atoms with van der Waals surface area (Å²) < 4.78 is 2.02. The molecule has 0 radical (unpaired) electrons. The van der Waals surface area contributed by atoms with Gasteiger partial charge in [-0.15, -0.1) is 0 Å². The molecule has 1 atom stereocenters. The average Bonchev–Trinajstić information content (AvgIpc) is 2.15. The van der Waals surface area contributed by atoms with E-state index in [1.807, 2.05) is 30.2 Å². The van der Waals surface area contributed by atoms with E-state index in [0.29, 0.717) is 0 Å². The van der Waals surface area contributed by atoms with Gasteiger partial charge in [0.1, 0.15) is 18.9 Å². The predicted octanol–water partition coefficient (Wildman–Crippen LogP) is -0.351. The summed E-state index contributed by atoms with van der Waals surface area (Å²) >= 11 is 0. The first-order valence-corrected chi connectivity index (χ1v) is 3.06. The van der Waals surface area contributed by atoms with Crippen LogP contribution in [-0.4, -0.2) is 11.0 Å². The Kier molecular flexibility index (Phi) is 1.85. The minimum atomic E-state index is 0.228. The van der Waals surface area contributed by atoms with Crippen LogP contribution in [0.15, 0.2) is 18.7 Å². The number of nitrogens with one attached hydrogen (secondary N) is 1. The number of aromatic amines is 1. The lowest BCUT2D eigenvalue weighted by Crippen LogP contribution is -2.40. The zero-order valence-corrected chi connectivity index (χ0v) is 5.54. The van der Waals surface area contributed by atoms with Crippen LogP contribution >= 0.6 is 0 Å². The Bertz CT molecular complexity index is 155. The first-order valence-electron chi connectivity index (χ1n) is 3.06. The standard InChI is InChI=1S/C6H11N3/c1-6(7)4-9-3-2-8-5-9/h2-3,5-6H,4,7H2,1H3/p+1. The largest absolute Gasteiger partial charge is 0.325 e. The minimum absolute atomic E-state index is 0.228. The Morgan fingerprint density at radius 1 is 1.78 bits per heavy atom. The highest BCUT2D eigenvalue weighted by Crippen LogP contribution is 1.74. The molecular weight excluding hydrogens is 114 g/mol. The van der Waals surface area contributed by atoms with Crippen molar-refractivity contribution in [1.29, 1.82) is 0 Å². The molecule has 1 aromatic heterocycles. The molecule has 3 N–H and O–H groups in total. The van der Waals surface area contributed by atoms with Gasteiger partial charge in [0.05, 0.1) is 0 Å². The summed E-state index contributed by atoms with van der Waals surface area (Å²) in [5.41, 5.74) is 5.55. The van der Waals surface area contributed by atoms with Gasteiger partial charge in [0.25, 0.3) is 0 Å². The van der Waals surface area contributed by atoms with Crippen LogP contribution in [0, 0.1) is 0 Å². The number of H-pyrrole nitrogens is 1. The average molecular weight is 126 g/mol. The summed E-state index contributed by atoms with van der Waals surface area (Å²) in [6.45, 7) is 2.86. The van der Waals surface area contributed by atoms with Crippen LogP contribution in [0.3, 0.4) is 0 Å². The summed E-state index contributed by atoms with van der Waals surface area (Å²) in [5.74, 6) is 0. The lowest BCUT2D eigenvalue weighted by Gasteiger charge is -1.97. The van der Waals surface area contributed by atoms with Crippen LogP contribution in [-0.2, 0) is 6.54 Å². The van der Waals surface area contributed by atoms with Crippen LogP contribution in [0.1, 0.15) is 6.92 Å². The zero-order valence-electron chi connectivity index (χ0n) is 5.54. The number of nitrogens with zero attached hydrogens (tertiary/aromatic N) is 1. The molecule has 3 nitrogen and oxygen atoms in total.